The van der Waals surface area contributed by atoms with Crippen LogP contribution in [-0.2, 0) is 0 Å². The average Bonchev–Trinajstić information content (AvgIpc) is 2.42. The van der Waals surface area contributed by atoms with E-state index < -0.39 is 0 Å². The monoisotopic (exact) mass is 220 g/mol. The van der Waals surface area contributed by atoms with Crippen molar-refractivity contribution >= 4 is 11.1 Å². The zero-order valence-corrected chi connectivity index (χ0v) is 10.1. The van der Waals surface area contributed by atoms with Crippen LogP contribution in [0.2, 0.25) is 0 Å². The molecular weight excluding hydrogens is 204 g/mol. The lowest BCUT2D eigenvalue weighted by Crippen LogP contribution is -1.88. The third kappa shape index (κ3) is 2.54. The summed E-state index contributed by atoms with van der Waals surface area (Å²) in [5.41, 5.74) is 4.64. The highest BCUT2D eigenvalue weighted by Gasteiger charge is 2.06. The second kappa shape index (κ2) is 5.31. The van der Waals surface area contributed by atoms with Crippen molar-refractivity contribution in [2.24, 2.45) is 0 Å². The minimum Gasteiger partial charge on any atom is -0.0905 e. The van der Waals surface area contributed by atoms with E-state index in [4.69, 9.17) is 0 Å². The minimum atomic E-state index is 1.07. The van der Waals surface area contributed by atoms with Gasteiger partial charge in [-0.25, -0.2) is 0 Å². The molecule has 0 aliphatic heterocycles. The summed E-state index contributed by atoms with van der Waals surface area (Å²) >= 11 is 0. The van der Waals surface area contributed by atoms with Gasteiger partial charge in [-0.15, -0.1) is 0 Å². The number of hydrogen-bond acceptors (Lipinski definition) is 0. The van der Waals surface area contributed by atoms with Crippen LogP contribution in [-0.4, -0.2) is 0 Å². The van der Waals surface area contributed by atoms with Crippen molar-refractivity contribution in [1.82, 2.24) is 0 Å². The van der Waals surface area contributed by atoms with Gasteiger partial charge >= 0.3 is 0 Å². The number of rotatable bonds is 3. The lowest BCUT2D eigenvalue weighted by atomic mass is 9.94. The van der Waals surface area contributed by atoms with Crippen molar-refractivity contribution in [1.29, 1.82) is 0 Å². The van der Waals surface area contributed by atoms with E-state index in [2.05, 4.69) is 56.0 Å². The Morgan fingerprint density at radius 1 is 0.824 bits per heavy atom. The maximum Gasteiger partial charge on any atom is -0.0154 e. The molecule has 0 N–H and O–H groups in total. The second-order valence-electron chi connectivity index (χ2n) is 3.91. The predicted octanol–water partition coefficient (Wildman–Crippen LogP) is 4.80. The van der Waals surface area contributed by atoms with Crippen molar-refractivity contribution in [3.63, 3.8) is 0 Å². The molecule has 0 radical (unpaired) electrons. The molecule has 0 saturated carbocycles. The lowest BCUT2D eigenvalue weighted by Gasteiger charge is -2.11. The summed E-state index contributed by atoms with van der Waals surface area (Å²) in [7, 11) is 0. The van der Waals surface area contributed by atoms with Gasteiger partial charge in [0.05, 0.1) is 0 Å². The molecule has 0 spiro atoms. The first-order valence-electron chi connectivity index (χ1n) is 5.79. The normalized spacial score (nSPS) is 11.2. The van der Waals surface area contributed by atoms with Crippen molar-refractivity contribution in [2.75, 3.05) is 0 Å². The van der Waals surface area contributed by atoms with E-state index in [1.807, 2.05) is 24.3 Å². The summed E-state index contributed by atoms with van der Waals surface area (Å²) in [5.74, 6) is 0. The smallest absolute Gasteiger partial charge is 0.0154 e. The molecule has 0 aliphatic carbocycles. The van der Waals surface area contributed by atoms with Crippen LogP contribution in [0.3, 0.4) is 0 Å². The van der Waals surface area contributed by atoms with Crippen LogP contribution in [0.4, 0.5) is 0 Å². The largest absolute Gasteiger partial charge is 0.0905 e. The van der Waals surface area contributed by atoms with Gasteiger partial charge in [0.25, 0.3) is 0 Å². The Balaban J connectivity index is 2.37. The van der Waals surface area contributed by atoms with Crippen LogP contribution >= 0.6 is 0 Å². The van der Waals surface area contributed by atoms with Gasteiger partial charge < -0.3 is 0 Å². The molecule has 2 rings (SSSR count). The second-order valence-corrected chi connectivity index (χ2v) is 3.91. The average molecular weight is 220 g/mol. The summed E-state index contributed by atoms with van der Waals surface area (Å²) < 4.78 is 0. The van der Waals surface area contributed by atoms with Gasteiger partial charge in [-0.05, 0) is 29.2 Å². The van der Waals surface area contributed by atoms with Crippen molar-refractivity contribution in [2.45, 2.75) is 6.92 Å². The third-order valence-electron chi connectivity index (χ3n) is 2.82. The molecule has 0 atom stereocenters. The summed E-state index contributed by atoms with van der Waals surface area (Å²) in [6.07, 6.45) is 2.12. The highest BCUT2D eigenvalue weighted by atomic mass is 14.1. The van der Waals surface area contributed by atoms with Crippen molar-refractivity contribution in [3.8, 4) is 0 Å². The molecule has 0 saturated heterocycles. The molecule has 0 nitrogen and oxygen atoms in total. The van der Waals surface area contributed by atoms with E-state index in [0.717, 1.165) is 5.57 Å². The van der Waals surface area contributed by atoms with Gasteiger partial charge in [0.2, 0.25) is 0 Å². The first-order valence-corrected chi connectivity index (χ1v) is 5.79. The quantitative estimate of drug-likeness (QED) is 0.651. The summed E-state index contributed by atoms with van der Waals surface area (Å²) in [5, 5.41) is 0. The van der Waals surface area contributed by atoms with Crippen molar-refractivity contribution in [3.05, 3.63) is 84.4 Å². The van der Waals surface area contributed by atoms with Crippen LogP contribution in [0.1, 0.15) is 18.1 Å². The van der Waals surface area contributed by atoms with Crippen molar-refractivity contribution < 1.29 is 0 Å². The highest BCUT2D eigenvalue weighted by molar-refractivity contribution is 6.03. The number of allylic oxidation sites excluding steroid dienone is 3. The maximum atomic E-state index is 4.20. The van der Waals surface area contributed by atoms with Gasteiger partial charge in [-0.1, -0.05) is 73.3 Å². The molecule has 0 fully saturated rings. The summed E-state index contributed by atoms with van der Waals surface area (Å²) in [6, 6.07) is 20.7. The minimum absolute atomic E-state index is 1.07. The maximum absolute atomic E-state index is 4.20. The molecule has 0 unspecified atom stereocenters. The standard InChI is InChI=1S/C17H16/c1-3-17(16-12-8-5-9-13-16)14(2)15-10-6-4-7-11-15/h3-13H,2H2,1H3/b17-3-. The number of hydrogen-bond donors (Lipinski definition) is 0. The predicted molar refractivity (Wildman–Crippen MR) is 75.6 cm³/mol. The van der Waals surface area contributed by atoms with Gasteiger partial charge in [0.15, 0.2) is 0 Å². The Morgan fingerprint density at radius 3 is 1.76 bits per heavy atom. The fourth-order valence-corrected chi connectivity index (χ4v) is 1.93. The van der Waals surface area contributed by atoms with E-state index in [1.54, 1.807) is 0 Å². The Labute approximate surface area is 103 Å². The fraction of sp³-hybridized carbons (Fsp3) is 0.0588. The molecule has 17 heavy (non-hydrogen) atoms. The molecule has 0 heteroatoms. The molecule has 2 aromatic carbocycles. The molecule has 0 bridgehead atoms. The lowest BCUT2D eigenvalue weighted by molar-refractivity contribution is 1.57. The summed E-state index contributed by atoms with van der Waals surface area (Å²) in [6.45, 7) is 6.26. The fourth-order valence-electron chi connectivity index (χ4n) is 1.93. The van der Waals surface area contributed by atoms with Crippen LogP contribution in [0, 0.1) is 0 Å². The zero-order chi connectivity index (χ0) is 12.1. The van der Waals surface area contributed by atoms with Crippen LogP contribution in [0.25, 0.3) is 11.1 Å². The van der Waals surface area contributed by atoms with Gasteiger partial charge in [0, 0.05) is 0 Å². The Bertz CT molecular complexity index is 518. The molecule has 84 valence electrons. The van der Waals surface area contributed by atoms with E-state index in [-0.39, 0.29) is 0 Å². The zero-order valence-electron chi connectivity index (χ0n) is 10.1. The third-order valence-corrected chi connectivity index (χ3v) is 2.82. The van der Waals surface area contributed by atoms with Gasteiger partial charge in [0.1, 0.15) is 0 Å². The first kappa shape index (κ1) is 11.4. The molecule has 0 aliphatic rings. The van der Waals surface area contributed by atoms with Crippen LogP contribution in [0.5, 0.6) is 0 Å². The highest BCUT2D eigenvalue weighted by Crippen LogP contribution is 2.29. The SMILES string of the molecule is C=C(/C(=C/C)c1ccccc1)c1ccccc1. The Kier molecular flexibility index (Phi) is 3.56. The Morgan fingerprint density at radius 2 is 1.29 bits per heavy atom. The van der Waals surface area contributed by atoms with E-state index in [1.165, 1.54) is 16.7 Å². The topological polar surface area (TPSA) is 0 Å². The Hall–Kier alpha value is -2.08. The van der Waals surface area contributed by atoms with E-state index in [9.17, 15) is 0 Å². The molecular formula is C17H16. The van der Waals surface area contributed by atoms with Gasteiger partial charge in [-0.2, -0.15) is 0 Å². The molecule has 0 heterocycles. The molecule has 0 aromatic heterocycles. The van der Waals surface area contributed by atoms with E-state index >= 15 is 0 Å². The first-order chi connectivity index (χ1) is 8.33. The molecule has 0 amide bonds. The number of benzene rings is 2. The van der Waals surface area contributed by atoms with Crippen LogP contribution < -0.4 is 0 Å². The van der Waals surface area contributed by atoms with E-state index in [0.29, 0.717) is 0 Å². The van der Waals surface area contributed by atoms with Crippen LogP contribution in [0.15, 0.2) is 73.3 Å². The summed E-state index contributed by atoms with van der Waals surface area (Å²) in [4.78, 5) is 0. The van der Waals surface area contributed by atoms with Gasteiger partial charge in [-0.3, -0.25) is 0 Å². The molecule has 2 aromatic rings.